The number of anilines is 1. The van der Waals surface area contributed by atoms with Gasteiger partial charge in [-0.25, -0.2) is 12.7 Å². The van der Waals surface area contributed by atoms with Crippen LogP contribution >= 0.6 is 0 Å². The van der Waals surface area contributed by atoms with E-state index in [0.29, 0.717) is 11.4 Å². The van der Waals surface area contributed by atoms with Crippen LogP contribution in [0.3, 0.4) is 0 Å². The van der Waals surface area contributed by atoms with Gasteiger partial charge in [-0.15, -0.1) is 0 Å². The molecule has 2 aromatic carbocycles. The summed E-state index contributed by atoms with van der Waals surface area (Å²) >= 11 is 0. The molecule has 1 aromatic heterocycles. The molecule has 0 bridgehead atoms. The van der Waals surface area contributed by atoms with Gasteiger partial charge in [0.05, 0.1) is 28.2 Å². The number of amides is 1. The molecule has 1 aliphatic heterocycles. The molecule has 1 atom stereocenters. The van der Waals surface area contributed by atoms with E-state index in [0.717, 1.165) is 20.4 Å². The van der Waals surface area contributed by atoms with Gasteiger partial charge in [0.15, 0.2) is 5.78 Å². The van der Waals surface area contributed by atoms with Crippen LogP contribution in [0.15, 0.2) is 77.1 Å². The van der Waals surface area contributed by atoms with Crippen LogP contribution in [-0.2, 0) is 26.0 Å². The van der Waals surface area contributed by atoms with Gasteiger partial charge >= 0.3 is 0 Å². The molecule has 2 heterocycles. The van der Waals surface area contributed by atoms with Crippen LogP contribution < -0.4 is 5.01 Å². The first kappa shape index (κ1) is 23.4. The number of hydrogen-bond donors (Lipinski definition) is 0. The van der Waals surface area contributed by atoms with Crippen LogP contribution in [-0.4, -0.2) is 54.2 Å². The minimum atomic E-state index is -3.69. The summed E-state index contributed by atoms with van der Waals surface area (Å²) in [5.74, 6) is -1.83. The van der Waals surface area contributed by atoms with Crippen molar-refractivity contribution in [1.82, 2.24) is 14.3 Å². The summed E-state index contributed by atoms with van der Waals surface area (Å²) in [4.78, 5) is 34.6. The fourth-order valence-electron chi connectivity index (χ4n) is 3.70. The second kappa shape index (κ2) is 9.24. The van der Waals surface area contributed by atoms with Crippen molar-refractivity contribution in [1.29, 1.82) is 0 Å². The molecular weight excluding hydrogens is 454 g/mol. The Balaban J connectivity index is 1.55. The van der Waals surface area contributed by atoms with Crippen molar-refractivity contribution in [2.75, 3.05) is 19.1 Å². The quantitative estimate of drug-likeness (QED) is 0.483. The number of rotatable bonds is 7. The van der Waals surface area contributed by atoms with Crippen LogP contribution in [0.1, 0.15) is 12.5 Å². The van der Waals surface area contributed by atoms with E-state index in [1.165, 1.54) is 32.3 Å². The molecule has 4 rings (SSSR count). The molecule has 9 nitrogen and oxygen atoms in total. The van der Waals surface area contributed by atoms with E-state index in [-0.39, 0.29) is 22.8 Å². The molecule has 0 radical (unpaired) electrons. The van der Waals surface area contributed by atoms with Crippen molar-refractivity contribution in [3.63, 3.8) is 0 Å². The largest absolute Gasteiger partial charge is 0.298 e. The average molecular weight is 478 g/mol. The molecule has 1 amide bonds. The molecular formula is C24H23N5O4S. The molecule has 0 fully saturated rings. The second-order valence-corrected chi connectivity index (χ2v) is 10.2. The highest BCUT2D eigenvalue weighted by Crippen LogP contribution is 2.28. The number of hydrazone groups is 1. The maximum Gasteiger partial charge on any atom is 0.263 e. The van der Waals surface area contributed by atoms with Gasteiger partial charge in [0.2, 0.25) is 10.0 Å². The third kappa shape index (κ3) is 4.50. The zero-order chi connectivity index (χ0) is 24.5. The van der Waals surface area contributed by atoms with Gasteiger partial charge in [-0.1, -0.05) is 24.3 Å². The number of carbonyl (C=O) groups is 2. The summed E-state index contributed by atoms with van der Waals surface area (Å²) in [6, 6.07) is 13.3. The van der Waals surface area contributed by atoms with Gasteiger partial charge in [0.25, 0.3) is 5.91 Å². The summed E-state index contributed by atoms with van der Waals surface area (Å²) < 4.78 is 26.0. The highest BCUT2D eigenvalue weighted by atomic mass is 32.2. The molecule has 10 heteroatoms. The predicted octanol–water partition coefficient (Wildman–Crippen LogP) is 2.54. The maximum absolute atomic E-state index is 13.1. The van der Waals surface area contributed by atoms with E-state index in [9.17, 15) is 18.0 Å². The van der Waals surface area contributed by atoms with E-state index >= 15 is 0 Å². The highest BCUT2D eigenvalue weighted by Gasteiger charge is 2.39. The molecule has 34 heavy (non-hydrogen) atoms. The fraction of sp³-hybridized carbons (Fsp3) is 0.208. The minimum Gasteiger partial charge on any atom is -0.298 e. The molecule has 0 spiro atoms. The Morgan fingerprint density at radius 3 is 2.56 bits per heavy atom. The fourth-order valence-corrected chi connectivity index (χ4v) is 4.64. The molecule has 1 aliphatic rings. The molecule has 0 N–H and O–H groups in total. The van der Waals surface area contributed by atoms with Crippen molar-refractivity contribution < 1.29 is 18.0 Å². The van der Waals surface area contributed by atoms with Crippen molar-refractivity contribution in [2.24, 2.45) is 11.0 Å². The number of benzene rings is 2. The summed E-state index contributed by atoms with van der Waals surface area (Å²) in [5, 5.41) is 5.37. The van der Waals surface area contributed by atoms with Crippen LogP contribution in [0.25, 0.3) is 11.3 Å². The lowest BCUT2D eigenvalue weighted by molar-refractivity contribution is -0.128. The van der Waals surface area contributed by atoms with Crippen molar-refractivity contribution in [3.8, 4) is 11.3 Å². The Morgan fingerprint density at radius 1 is 1.09 bits per heavy atom. The van der Waals surface area contributed by atoms with Crippen molar-refractivity contribution in [2.45, 2.75) is 18.2 Å². The van der Waals surface area contributed by atoms with Gasteiger partial charge in [0, 0.05) is 38.5 Å². The molecule has 3 aromatic rings. The Kier molecular flexibility index (Phi) is 6.36. The summed E-state index contributed by atoms with van der Waals surface area (Å²) in [5.41, 5.74) is 2.90. The molecule has 174 valence electrons. The van der Waals surface area contributed by atoms with Gasteiger partial charge in [-0.3, -0.25) is 19.6 Å². The topological polar surface area (TPSA) is 113 Å². The molecule has 0 saturated heterocycles. The lowest BCUT2D eigenvalue weighted by atomic mass is 9.93. The third-order valence-corrected chi connectivity index (χ3v) is 7.27. The number of hydrogen-bond acceptors (Lipinski definition) is 7. The van der Waals surface area contributed by atoms with Gasteiger partial charge in [-0.05, 0) is 36.8 Å². The zero-order valence-electron chi connectivity index (χ0n) is 18.9. The number of aromatic nitrogens is 2. The SMILES string of the molecule is CC1=NN(c2cccc(S(=O)(=O)N(C)C)c2)C(=O)C1C(=O)Cc1cccc(-c2cnccn2)c1. The van der Waals surface area contributed by atoms with Gasteiger partial charge in [-0.2, -0.15) is 10.1 Å². The lowest BCUT2D eigenvalue weighted by Gasteiger charge is -2.16. The molecule has 1 unspecified atom stereocenters. The van der Waals surface area contributed by atoms with Crippen molar-refractivity contribution in [3.05, 3.63) is 72.7 Å². The summed E-state index contributed by atoms with van der Waals surface area (Å²) in [6.45, 7) is 1.62. The van der Waals surface area contributed by atoms with E-state index in [4.69, 9.17) is 0 Å². The Hall–Kier alpha value is -3.76. The first-order valence-corrected chi connectivity index (χ1v) is 11.9. The maximum atomic E-state index is 13.1. The van der Waals surface area contributed by atoms with Crippen molar-refractivity contribution >= 4 is 33.1 Å². The first-order valence-electron chi connectivity index (χ1n) is 10.5. The Labute approximate surface area is 197 Å². The normalized spacial score (nSPS) is 16.1. The molecule has 0 saturated carbocycles. The number of sulfonamides is 1. The summed E-state index contributed by atoms with van der Waals surface area (Å²) in [7, 11) is -0.827. The van der Waals surface area contributed by atoms with Crippen LogP contribution in [0, 0.1) is 5.92 Å². The average Bonchev–Trinajstić information content (AvgIpc) is 3.13. The van der Waals surface area contributed by atoms with E-state index in [1.54, 1.807) is 31.6 Å². The van der Waals surface area contributed by atoms with Crippen LogP contribution in [0.5, 0.6) is 0 Å². The molecule has 0 aliphatic carbocycles. The number of carbonyl (C=O) groups excluding carboxylic acids is 2. The van der Waals surface area contributed by atoms with E-state index in [1.807, 2.05) is 24.3 Å². The smallest absolute Gasteiger partial charge is 0.263 e. The van der Waals surface area contributed by atoms with Gasteiger partial charge in [0.1, 0.15) is 5.92 Å². The Morgan fingerprint density at radius 2 is 1.85 bits per heavy atom. The summed E-state index contributed by atoms with van der Waals surface area (Å²) in [6.07, 6.45) is 4.86. The lowest BCUT2D eigenvalue weighted by Crippen LogP contribution is -2.33. The monoisotopic (exact) mass is 477 g/mol. The second-order valence-electron chi connectivity index (χ2n) is 8.04. The Bertz CT molecular complexity index is 1390. The first-order chi connectivity index (χ1) is 16.2. The van der Waals surface area contributed by atoms with Crippen LogP contribution in [0.4, 0.5) is 5.69 Å². The van der Waals surface area contributed by atoms with E-state index < -0.39 is 21.8 Å². The standard InChI is InChI=1S/C24H23N5O4S/c1-16-23(22(30)13-17-6-4-7-18(12-17)21-15-25-10-11-26-21)24(31)29(27-16)19-8-5-9-20(14-19)34(32,33)28(2)3/h4-12,14-15,23H,13H2,1-3H3. The van der Waals surface area contributed by atoms with Gasteiger partial charge < -0.3 is 0 Å². The highest BCUT2D eigenvalue weighted by molar-refractivity contribution is 7.89. The number of ketones is 1. The van der Waals surface area contributed by atoms with E-state index in [2.05, 4.69) is 15.1 Å². The number of nitrogens with zero attached hydrogens (tertiary/aromatic N) is 5. The van der Waals surface area contributed by atoms with Crippen LogP contribution in [0.2, 0.25) is 0 Å². The number of Topliss-reactive ketones (excluding diaryl/α,β-unsaturated/α-hetero) is 1. The zero-order valence-corrected chi connectivity index (χ0v) is 19.7. The predicted molar refractivity (Wildman–Crippen MR) is 128 cm³/mol. The minimum absolute atomic E-state index is 0.0336. The third-order valence-electron chi connectivity index (χ3n) is 5.46.